The Morgan fingerprint density at radius 2 is 1.56 bits per heavy atom. The summed E-state index contributed by atoms with van der Waals surface area (Å²) in [4.78, 5) is 0. The van der Waals surface area contributed by atoms with Crippen molar-refractivity contribution in [2.45, 2.75) is 65.2 Å². The lowest BCUT2D eigenvalue weighted by molar-refractivity contribution is 0.662. The second kappa shape index (κ2) is 4.61. The minimum absolute atomic E-state index is 0.657. The molecule has 0 fully saturated rings. The van der Waals surface area contributed by atoms with Gasteiger partial charge in [0.2, 0.25) is 0 Å². The first-order valence-electron chi connectivity index (χ1n) is 6.75. The molecule has 0 saturated heterocycles. The Bertz CT molecular complexity index is 372. The molecular weight excluding hydrogens is 192 g/mol. The lowest BCUT2D eigenvalue weighted by Crippen LogP contribution is -2.11. The lowest BCUT2D eigenvalue weighted by atomic mass is 9.79. The van der Waals surface area contributed by atoms with Gasteiger partial charge in [0.15, 0.2) is 0 Å². The second-order valence-electron chi connectivity index (χ2n) is 5.72. The monoisotopic (exact) mass is 216 g/mol. The fraction of sp³-hybridized carbons (Fsp3) is 0.625. The van der Waals surface area contributed by atoms with Crippen LogP contribution in [0, 0.1) is 0 Å². The molecule has 0 heterocycles. The maximum Gasteiger partial charge on any atom is -0.0213 e. The van der Waals surface area contributed by atoms with Crippen LogP contribution in [0.3, 0.4) is 0 Å². The van der Waals surface area contributed by atoms with Crippen LogP contribution in [0.4, 0.5) is 0 Å². The molecule has 0 N–H and O–H groups in total. The summed E-state index contributed by atoms with van der Waals surface area (Å²) in [6, 6.07) is 4.76. The van der Waals surface area contributed by atoms with Crippen LogP contribution in [0.1, 0.15) is 74.6 Å². The van der Waals surface area contributed by atoms with Crippen LogP contribution < -0.4 is 0 Å². The van der Waals surface area contributed by atoms with Crippen molar-refractivity contribution in [3.8, 4) is 0 Å². The Morgan fingerprint density at radius 3 is 2.19 bits per heavy atom. The third-order valence-corrected chi connectivity index (χ3v) is 3.81. The molecule has 1 aliphatic carbocycles. The van der Waals surface area contributed by atoms with E-state index in [0.717, 1.165) is 0 Å². The van der Waals surface area contributed by atoms with Crippen LogP contribution >= 0.6 is 0 Å². The summed E-state index contributed by atoms with van der Waals surface area (Å²) in [5, 5.41) is 0. The van der Waals surface area contributed by atoms with Gasteiger partial charge in [-0.05, 0) is 59.8 Å². The van der Waals surface area contributed by atoms with Gasteiger partial charge in [-0.3, -0.25) is 0 Å². The molecule has 0 amide bonds. The number of fused-ring (bicyclic) bond motifs is 1. The number of aryl methyl sites for hydroxylation is 1. The molecule has 0 nitrogen and oxygen atoms in total. The molecule has 1 aliphatic rings. The van der Waals surface area contributed by atoms with Crippen LogP contribution in [0.15, 0.2) is 12.1 Å². The first-order valence-corrected chi connectivity index (χ1v) is 6.75. The average Bonchev–Trinajstić information content (AvgIpc) is 2.27. The molecule has 0 heteroatoms. The van der Waals surface area contributed by atoms with Gasteiger partial charge in [-0.15, -0.1) is 0 Å². The van der Waals surface area contributed by atoms with E-state index in [1.165, 1.54) is 25.7 Å². The fourth-order valence-corrected chi connectivity index (χ4v) is 3.06. The summed E-state index contributed by atoms with van der Waals surface area (Å²) >= 11 is 0. The number of hydrogen-bond donors (Lipinski definition) is 0. The quantitative estimate of drug-likeness (QED) is 0.665. The van der Waals surface area contributed by atoms with E-state index < -0.39 is 0 Å². The molecule has 0 bridgehead atoms. The van der Waals surface area contributed by atoms with Crippen molar-refractivity contribution >= 4 is 0 Å². The summed E-state index contributed by atoms with van der Waals surface area (Å²) in [5.74, 6) is 1.33. The molecular formula is C16H24. The Hall–Kier alpha value is -0.780. The molecule has 0 atom stereocenters. The van der Waals surface area contributed by atoms with Gasteiger partial charge in [-0.25, -0.2) is 0 Å². The molecule has 0 saturated carbocycles. The van der Waals surface area contributed by atoms with E-state index in [1.807, 2.05) is 0 Å². The standard InChI is InChI=1S/C16H24/c1-11(2)14-10-9-13-7-5-6-8-15(13)16(14)12(3)4/h9-12H,5-8H2,1-4H3. The molecule has 0 aliphatic heterocycles. The zero-order valence-electron chi connectivity index (χ0n) is 11.1. The number of rotatable bonds is 2. The topological polar surface area (TPSA) is 0 Å². The summed E-state index contributed by atoms with van der Waals surface area (Å²) in [6.45, 7) is 9.32. The Balaban J connectivity index is 2.57. The summed E-state index contributed by atoms with van der Waals surface area (Å²) < 4.78 is 0. The molecule has 0 spiro atoms. The number of hydrogen-bond acceptors (Lipinski definition) is 0. The average molecular weight is 216 g/mol. The van der Waals surface area contributed by atoms with Crippen molar-refractivity contribution in [1.82, 2.24) is 0 Å². The SMILES string of the molecule is CC(C)c1ccc2c(c1C(C)C)CCCC2. The zero-order chi connectivity index (χ0) is 11.7. The highest BCUT2D eigenvalue weighted by molar-refractivity contribution is 5.45. The Kier molecular flexibility index (Phi) is 3.37. The third kappa shape index (κ3) is 2.03. The van der Waals surface area contributed by atoms with Crippen molar-refractivity contribution in [2.24, 2.45) is 0 Å². The van der Waals surface area contributed by atoms with E-state index >= 15 is 0 Å². The van der Waals surface area contributed by atoms with Gasteiger partial charge in [-0.2, -0.15) is 0 Å². The first-order chi connectivity index (χ1) is 7.61. The molecule has 0 radical (unpaired) electrons. The lowest BCUT2D eigenvalue weighted by Gasteiger charge is -2.26. The van der Waals surface area contributed by atoms with E-state index in [1.54, 1.807) is 22.3 Å². The number of benzene rings is 1. The first kappa shape index (κ1) is 11.7. The smallest absolute Gasteiger partial charge is 0.0213 e. The van der Waals surface area contributed by atoms with E-state index in [2.05, 4.69) is 39.8 Å². The van der Waals surface area contributed by atoms with E-state index in [0.29, 0.717) is 11.8 Å². The van der Waals surface area contributed by atoms with E-state index in [9.17, 15) is 0 Å². The third-order valence-electron chi connectivity index (χ3n) is 3.81. The predicted molar refractivity (Wildman–Crippen MR) is 71.3 cm³/mol. The van der Waals surface area contributed by atoms with Crippen LogP contribution in [-0.2, 0) is 12.8 Å². The van der Waals surface area contributed by atoms with Gasteiger partial charge in [0.05, 0.1) is 0 Å². The summed E-state index contributed by atoms with van der Waals surface area (Å²) in [5.41, 5.74) is 6.55. The van der Waals surface area contributed by atoms with Crippen LogP contribution in [0.5, 0.6) is 0 Å². The zero-order valence-corrected chi connectivity index (χ0v) is 11.1. The Labute approximate surface area is 100 Å². The van der Waals surface area contributed by atoms with Gasteiger partial charge in [0.25, 0.3) is 0 Å². The van der Waals surface area contributed by atoms with Crippen molar-refractivity contribution < 1.29 is 0 Å². The van der Waals surface area contributed by atoms with Crippen molar-refractivity contribution in [3.05, 3.63) is 34.4 Å². The van der Waals surface area contributed by atoms with Gasteiger partial charge < -0.3 is 0 Å². The molecule has 1 aromatic carbocycles. The molecule has 0 unspecified atom stereocenters. The summed E-state index contributed by atoms with van der Waals surface area (Å²) in [7, 11) is 0. The van der Waals surface area contributed by atoms with Crippen molar-refractivity contribution in [1.29, 1.82) is 0 Å². The van der Waals surface area contributed by atoms with E-state index in [-0.39, 0.29) is 0 Å². The maximum atomic E-state index is 2.38. The van der Waals surface area contributed by atoms with Crippen molar-refractivity contribution in [3.63, 3.8) is 0 Å². The van der Waals surface area contributed by atoms with Crippen LogP contribution in [0.25, 0.3) is 0 Å². The molecule has 2 rings (SSSR count). The predicted octanol–water partition coefficient (Wildman–Crippen LogP) is 4.81. The van der Waals surface area contributed by atoms with Gasteiger partial charge in [-0.1, -0.05) is 39.8 Å². The van der Waals surface area contributed by atoms with E-state index in [4.69, 9.17) is 0 Å². The molecule has 1 aromatic rings. The largest absolute Gasteiger partial charge is 0.0587 e. The maximum absolute atomic E-state index is 2.38. The van der Waals surface area contributed by atoms with Crippen molar-refractivity contribution in [2.75, 3.05) is 0 Å². The minimum atomic E-state index is 0.657. The highest BCUT2D eigenvalue weighted by atomic mass is 14.2. The second-order valence-corrected chi connectivity index (χ2v) is 5.72. The highest BCUT2D eigenvalue weighted by Gasteiger charge is 2.19. The molecule has 88 valence electrons. The Morgan fingerprint density at radius 1 is 0.875 bits per heavy atom. The van der Waals surface area contributed by atoms with Crippen LogP contribution in [0.2, 0.25) is 0 Å². The van der Waals surface area contributed by atoms with Crippen LogP contribution in [-0.4, -0.2) is 0 Å². The summed E-state index contributed by atoms with van der Waals surface area (Å²) in [6.07, 6.45) is 5.37. The van der Waals surface area contributed by atoms with Gasteiger partial charge in [0.1, 0.15) is 0 Å². The van der Waals surface area contributed by atoms with Gasteiger partial charge in [0, 0.05) is 0 Å². The molecule has 16 heavy (non-hydrogen) atoms. The normalized spacial score (nSPS) is 15.6. The molecule has 0 aromatic heterocycles. The minimum Gasteiger partial charge on any atom is -0.0587 e. The fourth-order valence-electron chi connectivity index (χ4n) is 3.06. The van der Waals surface area contributed by atoms with Gasteiger partial charge >= 0.3 is 0 Å². The highest BCUT2D eigenvalue weighted by Crippen LogP contribution is 2.34.